The van der Waals surface area contributed by atoms with Crippen molar-refractivity contribution in [3.63, 3.8) is 0 Å². The maximum Gasteiger partial charge on any atom is 0.255 e. The summed E-state index contributed by atoms with van der Waals surface area (Å²) in [5.41, 5.74) is 7.10. The fourth-order valence-corrected chi connectivity index (χ4v) is 3.47. The molecule has 6 heteroatoms. The first-order valence-electron chi connectivity index (χ1n) is 8.64. The van der Waals surface area contributed by atoms with Crippen molar-refractivity contribution in [3.05, 3.63) is 89.7 Å². The maximum absolute atomic E-state index is 12.7. The number of fused-ring (bicyclic) bond motifs is 3. The average Bonchev–Trinajstić information content (AvgIpc) is 3.36. The van der Waals surface area contributed by atoms with Gasteiger partial charge in [-0.3, -0.25) is 4.79 Å². The van der Waals surface area contributed by atoms with Crippen LogP contribution < -0.4 is 5.32 Å². The van der Waals surface area contributed by atoms with Crippen LogP contribution in [0.5, 0.6) is 0 Å². The number of nitrogens with one attached hydrogen (secondary N) is 1. The molecular weight excluding hydrogens is 338 g/mol. The van der Waals surface area contributed by atoms with E-state index in [-0.39, 0.29) is 5.91 Å². The molecule has 0 fully saturated rings. The summed E-state index contributed by atoms with van der Waals surface area (Å²) >= 11 is 0. The largest absolute Gasteiger partial charge is 0.322 e. The highest BCUT2D eigenvalue weighted by Crippen LogP contribution is 2.37. The van der Waals surface area contributed by atoms with Gasteiger partial charge in [-0.2, -0.15) is 0 Å². The standard InChI is InChI=1S/C21H15N5O/c27-21(16-5-3-6-18(11-16)26-13-22-24-25-26)23-17-9-8-15-10-14-4-1-2-7-19(14)20(15)12-17/h1-9,11-13H,10H2,(H,23,27). The summed E-state index contributed by atoms with van der Waals surface area (Å²) in [6.45, 7) is 0. The molecule has 0 bridgehead atoms. The zero-order valence-electron chi connectivity index (χ0n) is 14.3. The molecular formula is C21H15N5O. The Balaban J connectivity index is 1.42. The third kappa shape index (κ3) is 2.77. The molecule has 1 aliphatic carbocycles. The third-order valence-corrected chi connectivity index (χ3v) is 4.78. The van der Waals surface area contributed by atoms with Crippen molar-refractivity contribution in [2.24, 2.45) is 0 Å². The van der Waals surface area contributed by atoms with E-state index in [0.29, 0.717) is 5.56 Å². The number of anilines is 1. The Morgan fingerprint density at radius 2 is 1.81 bits per heavy atom. The average molecular weight is 353 g/mol. The van der Waals surface area contributed by atoms with Crippen molar-refractivity contribution in [3.8, 4) is 16.8 Å². The molecule has 1 N–H and O–H groups in total. The Kier molecular flexibility index (Phi) is 3.53. The molecule has 0 atom stereocenters. The molecule has 0 radical (unpaired) electrons. The van der Waals surface area contributed by atoms with Gasteiger partial charge < -0.3 is 5.32 Å². The van der Waals surface area contributed by atoms with Crippen LogP contribution in [0, 0.1) is 0 Å². The summed E-state index contributed by atoms with van der Waals surface area (Å²) in [5, 5.41) is 14.1. The third-order valence-electron chi connectivity index (χ3n) is 4.78. The van der Waals surface area contributed by atoms with E-state index < -0.39 is 0 Å². The van der Waals surface area contributed by atoms with Gasteiger partial charge in [0.05, 0.1) is 5.69 Å². The molecule has 0 aliphatic heterocycles. The number of carbonyl (C=O) groups is 1. The highest BCUT2D eigenvalue weighted by molar-refractivity contribution is 6.05. The lowest BCUT2D eigenvalue weighted by Crippen LogP contribution is -2.12. The Labute approximate surface area is 155 Å². The van der Waals surface area contributed by atoms with Crippen LogP contribution >= 0.6 is 0 Å². The molecule has 0 saturated carbocycles. The molecule has 0 unspecified atom stereocenters. The number of hydrogen-bond donors (Lipinski definition) is 1. The van der Waals surface area contributed by atoms with E-state index in [1.807, 2.05) is 30.3 Å². The molecule has 0 saturated heterocycles. The van der Waals surface area contributed by atoms with Crippen molar-refractivity contribution in [1.82, 2.24) is 20.2 Å². The van der Waals surface area contributed by atoms with Gasteiger partial charge in [0.1, 0.15) is 6.33 Å². The maximum atomic E-state index is 12.7. The molecule has 27 heavy (non-hydrogen) atoms. The molecule has 1 aromatic heterocycles. The lowest BCUT2D eigenvalue weighted by atomic mass is 10.1. The minimum atomic E-state index is -0.170. The number of rotatable bonds is 3. The summed E-state index contributed by atoms with van der Waals surface area (Å²) < 4.78 is 1.52. The predicted molar refractivity (Wildman–Crippen MR) is 102 cm³/mol. The van der Waals surface area contributed by atoms with Crippen LogP contribution in [0.15, 0.2) is 73.1 Å². The highest BCUT2D eigenvalue weighted by atomic mass is 16.1. The summed E-state index contributed by atoms with van der Waals surface area (Å²) in [6, 6.07) is 21.7. The first-order chi connectivity index (χ1) is 13.3. The Morgan fingerprint density at radius 3 is 2.70 bits per heavy atom. The summed E-state index contributed by atoms with van der Waals surface area (Å²) in [7, 11) is 0. The minimum Gasteiger partial charge on any atom is -0.322 e. The zero-order valence-corrected chi connectivity index (χ0v) is 14.3. The highest BCUT2D eigenvalue weighted by Gasteiger charge is 2.18. The van der Waals surface area contributed by atoms with Gasteiger partial charge in [-0.25, -0.2) is 4.68 Å². The fourth-order valence-electron chi connectivity index (χ4n) is 3.47. The Morgan fingerprint density at radius 1 is 0.926 bits per heavy atom. The monoisotopic (exact) mass is 353 g/mol. The van der Waals surface area contributed by atoms with Gasteiger partial charge in [-0.1, -0.05) is 36.4 Å². The van der Waals surface area contributed by atoms with Crippen molar-refractivity contribution in [2.75, 3.05) is 5.32 Å². The quantitative estimate of drug-likeness (QED) is 0.539. The first kappa shape index (κ1) is 15.5. The van der Waals surface area contributed by atoms with Crippen molar-refractivity contribution in [1.29, 1.82) is 0 Å². The molecule has 6 nitrogen and oxygen atoms in total. The first-order valence-corrected chi connectivity index (χ1v) is 8.64. The zero-order chi connectivity index (χ0) is 18.2. The van der Waals surface area contributed by atoms with Crippen LogP contribution in [0.4, 0.5) is 5.69 Å². The number of aromatic nitrogens is 4. The SMILES string of the molecule is O=C(Nc1ccc2c(c1)-c1ccccc1C2)c1cccc(-n2cnnn2)c1. The van der Waals surface area contributed by atoms with Gasteiger partial charge in [-0.05, 0) is 69.4 Å². The van der Waals surface area contributed by atoms with E-state index in [0.717, 1.165) is 17.8 Å². The van der Waals surface area contributed by atoms with E-state index in [2.05, 4.69) is 45.1 Å². The van der Waals surface area contributed by atoms with Gasteiger partial charge in [0.15, 0.2) is 0 Å². The molecule has 130 valence electrons. The molecule has 4 aromatic rings. The van der Waals surface area contributed by atoms with Crippen LogP contribution in [0.1, 0.15) is 21.5 Å². The summed E-state index contributed by atoms with van der Waals surface area (Å²) in [4.78, 5) is 12.7. The second kappa shape index (κ2) is 6.17. The molecule has 5 rings (SSSR count). The van der Waals surface area contributed by atoms with Gasteiger partial charge in [-0.15, -0.1) is 5.10 Å². The topological polar surface area (TPSA) is 72.7 Å². The lowest BCUT2D eigenvalue weighted by molar-refractivity contribution is 0.102. The van der Waals surface area contributed by atoms with Crippen molar-refractivity contribution in [2.45, 2.75) is 6.42 Å². The van der Waals surface area contributed by atoms with Crippen LogP contribution in [0.2, 0.25) is 0 Å². The van der Waals surface area contributed by atoms with Crippen LogP contribution in [0.3, 0.4) is 0 Å². The van der Waals surface area contributed by atoms with E-state index >= 15 is 0 Å². The van der Waals surface area contributed by atoms with Crippen LogP contribution in [-0.2, 0) is 6.42 Å². The Hall–Kier alpha value is -3.80. The van der Waals surface area contributed by atoms with E-state index in [9.17, 15) is 4.79 Å². The molecule has 0 spiro atoms. The molecule has 1 amide bonds. The number of amides is 1. The lowest BCUT2D eigenvalue weighted by Gasteiger charge is -2.09. The van der Waals surface area contributed by atoms with E-state index in [4.69, 9.17) is 0 Å². The summed E-state index contributed by atoms with van der Waals surface area (Å²) in [6.07, 6.45) is 2.43. The van der Waals surface area contributed by atoms with Crippen LogP contribution in [0.25, 0.3) is 16.8 Å². The van der Waals surface area contributed by atoms with Crippen molar-refractivity contribution >= 4 is 11.6 Å². The van der Waals surface area contributed by atoms with Gasteiger partial charge in [0.25, 0.3) is 5.91 Å². The number of hydrogen-bond acceptors (Lipinski definition) is 4. The van der Waals surface area contributed by atoms with E-state index in [1.165, 1.54) is 33.3 Å². The summed E-state index contributed by atoms with van der Waals surface area (Å²) in [5.74, 6) is -0.170. The fraction of sp³-hybridized carbons (Fsp3) is 0.0476. The second-order valence-electron chi connectivity index (χ2n) is 6.46. The number of benzene rings is 3. The minimum absolute atomic E-state index is 0.170. The number of tetrazole rings is 1. The van der Waals surface area contributed by atoms with Crippen molar-refractivity contribution < 1.29 is 4.79 Å². The van der Waals surface area contributed by atoms with Gasteiger partial charge in [0.2, 0.25) is 0 Å². The second-order valence-corrected chi connectivity index (χ2v) is 6.46. The molecule has 1 heterocycles. The smallest absolute Gasteiger partial charge is 0.255 e. The predicted octanol–water partition coefficient (Wildman–Crippen LogP) is 3.49. The van der Waals surface area contributed by atoms with E-state index in [1.54, 1.807) is 12.1 Å². The van der Waals surface area contributed by atoms with Gasteiger partial charge in [0, 0.05) is 11.3 Å². The number of carbonyl (C=O) groups excluding carboxylic acids is 1. The molecule has 1 aliphatic rings. The van der Waals surface area contributed by atoms with Crippen LogP contribution in [-0.4, -0.2) is 26.1 Å². The van der Waals surface area contributed by atoms with Gasteiger partial charge >= 0.3 is 0 Å². The normalized spacial score (nSPS) is 11.7. The number of nitrogens with zero attached hydrogens (tertiary/aromatic N) is 4. The Bertz CT molecular complexity index is 1150. The molecule has 3 aromatic carbocycles.